The molecule has 0 aliphatic rings. The molecular weight excluding hydrogens is 425 g/mol. The minimum absolute atomic E-state index is 0.181. The Morgan fingerprint density at radius 2 is 1.66 bits per heavy atom. The van der Waals surface area contributed by atoms with E-state index in [1.165, 1.54) is 12.1 Å². The maximum absolute atomic E-state index is 13.3. The molecule has 0 fully saturated rings. The zero-order valence-corrected chi connectivity index (χ0v) is 17.8. The third-order valence-corrected chi connectivity index (χ3v) is 4.96. The number of rotatable bonds is 6. The first-order valence-electron chi connectivity index (χ1n) is 9.97. The molecule has 0 atom stereocenters. The van der Waals surface area contributed by atoms with Crippen LogP contribution in [0.3, 0.4) is 0 Å². The molecule has 158 valence electrons. The summed E-state index contributed by atoms with van der Waals surface area (Å²) in [7, 11) is 0. The van der Waals surface area contributed by atoms with Crippen molar-refractivity contribution in [2.24, 2.45) is 0 Å². The second kappa shape index (κ2) is 9.98. The van der Waals surface area contributed by atoms with Gasteiger partial charge in [-0.1, -0.05) is 60.1 Å². The Bertz CT molecular complexity index is 1240. The second-order valence-electron chi connectivity index (χ2n) is 7.09. The Morgan fingerprint density at radius 1 is 0.938 bits per heavy atom. The van der Waals surface area contributed by atoms with Gasteiger partial charge in [-0.05, 0) is 53.6 Å². The van der Waals surface area contributed by atoms with Gasteiger partial charge in [-0.25, -0.2) is 14.4 Å². The maximum atomic E-state index is 13.3. The summed E-state index contributed by atoms with van der Waals surface area (Å²) >= 11 is 5.91. The summed E-state index contributed by atoms with van der Waals surface area (Å²) in [6, 6.07) is 22.9. The molecule has 0 saturated heterocycles. The lowest BCUT2D eigenvalue weighted by Crippen LogP contribution is -2.16. The molecule has 4 rings (SSSR count). The SMILES string of the molecule is O=C(Cc1ccc(Cl)cc1)Nc1ncc(-c2ccc(F)cc2)nc1/C=C/c1ccccc1. The van der Waals surface area contributed by atoms with Crippen molar-refractivity contribution >= 4 is 35.5 Å². The van der Waals surface area contributed by atoms with Crippen molar-refractivity contribution < 1.29 is 9.18 Å². The van der Waals surface area contributed by atoms with E-state index < -0.39 is 0 Å². The lowest BCUT2D eigenvalue weighted by molar-refractivity contribution is -0.115. The van der Waals surface area contributed by atoms with Gasteiger partial charge >= 0.3 is 0 Å². The van der Waals surface area contributed by atoms with Crippen molar-refractivity contribution in [3.05, 3.63) is 113 Å². The van der Waals surface area contributed by atoms with Gasteiger partial charge in [0.25, 0.3) is 0 Å². The maximum Gasteiger partial charge on any atom is 0.230 e. The molecule has 0 unspecified atom stereocenters. The molecule has 0 bridgehead atoms. The van der Waals surface area contributed by atoms with E-state index >= 15 is 0 Å². The fourth-order valence-corrected chi connectivity index (χ4v) is 3.20. The molecular formula is C26H19ClFN3O. The summed E-state index contributed by atoms with van der Waals surface area (Å²) in [5.41, 5.74) is 3.63. The van der Waals surface area contributed by atoms with Crippen LogP contribution in [0.5, 0.6) is 0 Å². The number of hydrogen-bond acceptors (Lipinski definition) is 3. The highest BCUT2D eigenvalue weighted by Crippen LogP contribution is 2.22. The van der Waals surface area contributed by atoms with Gasteiger partial charge in [0, 0.05) is 10.6 Å². The lowest BCUT2D eigenvalue weighted by Gasteiger charge is -2.10. The van der Waals surface area contributed by atoms with Gasteiger partial charge in [0.2, 0.25) is 5.91 Å². The summed E-state index contributed by atoms with van der Waals surface area (Å²) < 4.78 is 13.3. The van der Waals surface area contributed by atoms with Gasteiger partial charge in [-0.3, -0.25) is 4.79 Å². The molecule has 1 N–H and O–H groups in total. The van der Waals surface area contributed by atoms with Gasteiger partial charge in [0.15, 0.2) is 5.82 Å². The standard InChI is InChI=1S/C26H19ClFN3O/c27-21-11-6-19(7-12-21)16-25(32)31-26-23(15-8-18-4-2-1-3-5-18)30-24(17-29-26)20-9-13-22(28)14-10-20/h1-15,17H,16H2,(H,29,31,32)/b15-8+. The number of benzene rings is 3. The molecule has 1 heterocycles. The van der Waals surface area contributed by atoms with Crippen LogP contribution in [0.15, 0.2) is 85.1 Å². The number of carbonyl (C=O) groups is 1. The Hall–Kier alpha value is -3.83. The van der Waals surface area contributed by atoms with E-state index in [1.807, 2.05) is 36.4 Å². The third kappa shape index (κ3) is 5.65. The molecule has 6 heteroatoms. The first-order chi connectivity index (χ1) is 15.6. The number of amides is 1. The van der Waals surface area contributed by atoms with E-state index in [0.29, 0.717) is 22.2 Å². The van der Waals surface area contributed by atoms with Crippen molar-refractivity contribution in [1.29, 1.82) is 0 Å². The van der Waals surface area contributed by atoms with Crippen LogP contribution in [0.2, 0.25) is 5.02 Å². The van der Waals surface area contributed by atoms with Crippen LogP contribution in [0.25, 0.3) is 23.4 Å². The number of halogens is 2. The largest absolute Gasteiger partial charge is 0.309 e. The quantitative estimate of drug-likeness (QED) is 0.381. The molecule has 0 saturated carbocycles. The Kier molecular flexibility index (Phi) is 6.68. The summed E-state index contributed by atoms with van der Waals surface area (Å²) in [5.74, 6) is -0.190. The fraction of sp³-hybridized carbons (Fsp3) is 0.0385. The van der Waals surface area contributed by atoms with Crippen LogP contribution >= 0.6 is 11.6 Å². The average Bonchev–Trinajstić information content (AvgIpc) is 2.81. The van der Waals surface area contributed by atoms with Crippen LogP contribution in [0.4, 0.5) is 10.2 Å². The third-order valence-electron chi connectivity index (χ3n) is 4.71. The van der Waals surface area contributed by atoms with Crippen LogP contribution in [0, 0.1) is 5.82 Å². The number of hydrogen-bond donors (Lipinski definition) is 1. The summed E-state index contributed by atoms with van der Waals surface area (Å²) in [6.07, 6.45) is 5.44. The number of nitrogens with one attached hydrogen (secondary N) is 1. The lowest BCUT2D eigenvalue weighted by atomic mass is 10.1. The van der Waals surface area contributed by atoms with Crippen molar-refractivity contribution in [3.8, 4) is 11.3 Å². The molecule has 32 heavy (non-hydrogen) atoms. The summed E-state index contributed by atoms with van der Waals surface area (Å²) in [6.45, 7) is 0. The number of nitrogens with zero attached hydrogens (tertiary/aromatic N) is 2. The molecule has 1 aromatic heterocycles. The van der Waals surface area contributed by atoms with Crippen LogP contribution in [-0.4, -0.2) is 15.9 Å². The zero-order chi connectivity index (χ0) is 22.3. The van der Waals surface area contributed by atoms with E-state index in [-0.39, 0.29) is 18.1 Å². The Balaban J connectivity index is 1.62. The van der Waals surface area contributed by atoms with Crippen molar-refractivity contribution in [2.45, 2.75) is 6.42 Å². The minimum Gasteiger partial charge on any atom is -0.309 e. The highest BCUT2D eigenvalue weighted by atomic mass is 35.5. The molecule has 1 amide bonds. The van der Waals surface area contributed by atoms with Crippen molar-refractivity contribution in [3.63, 3.8) is 0 Å². The van der Waals surface area contributed by atoms with Crippen LogP contribution in [-0.2, 0) is 11.2 Å². The molecule has 3 aromatic carbocycles. The molecule has 0 radical (unpaired) electrons. The van der Waals surface area contributed by atoms with Gasteiger partial charge in [0.05, 0.1) is 18.3 Å². The van der Waals surface area contributed by atoms with Gasteiger partial charge in [-0.2, -0.15) is 0 Å². The highest BCUT2D eigenvalue weighted by molar-refractivity contribution is 6.30. The monoisotopic (exact) mass is 443 g/mol. The van der Waals surface area contributed by atoms with E-state index in [1.54, 1.807) is 48.7 Å². The molecule has 4 aromatic rings. The Labute approximate surface area is 190 Å². The molecule has 0 spiro atoms. The fourth-order valence-electron chi connectivity index (χ4n) is 3.08. The number of anilines is 1. The normalized spacial score (nSPS) is 10.9. The zero-order valence-electron chi connectivity index (χ0n) is 17.0. The minimum atomic E-state index is -0.322. The second-order valence-corrected chi connectivity index (χ2v) is 7.53. The summed E-state index contributed by atoms with van der Waals surface area (Å²) in [4.78, 5) is 21.7. The van der Waals surface area contributed by atoms with E-state index in [4.69, 9.17) is 11.6 Å². The molecule has 4 nitrogen and oxygen atoms in total. The average molecular weight is 444 g/mol. The topological polar surface area (TPSA) is 54.9 Å². The summed E-state index contributed by atoms with van der Waals surface area (Å²) in [5, 5.41) is 3.46. The van der Waals surface area contributed by atoms with Gasteiger partial charge in [-0.15, -0.1) is 0 Å². The predicted molar refractivity (Wildman–Crippen MR) is 127 cm³/mol. The van der Waals surface area contributed by atoms with Gasteiger partial charge < -0.3 is 5.32 Å². The highest BCUT2D eigenvalue weighted by Gasteiger charge is 2.11. The van der Waals surface area contributed by atoms with E-state index in [2.05, 4.69) is 15.3 Å². The van der Waals surface area contributed by atoms with E-state index in [9.17, 15) is 9.18 Å². The van der Waals surface area contributed by atoms with Crippen LogP contribution < -0.4 is 5.32 Å². The number of aromatic nitrogens is 2. The first kappa shape index (κ1) is 21.4. The van der Waals surface area contributed by atoms with Crippen LogP contribution in [0.1, 0.15) is 16.8 Å². The molecule has 0 aliphatic carbocycles. The van der Waals surface area contributed by atoms with E-state index in [0.717, 1.165) is 16.7 Å². The first-order valence-corrected chi connectivity index (χ1v) is 10.3. The van der Waals surface area contributed by atoms with Gasteiger partial charge in [0.1, 0.15) is 11.5 Å². The smallest absolute Gasteiger partial charge is 0.230 e. The molecule has 0 aliphatic heterocycles. The van der Waals surface area contributed by atoms with Crippen molar-refractivity contribution in [2.75, 3.05) is 5.32 Å². The number of carbonyl (C=O) groups excluding carboxylic acids is 1. The Morgan fingerprint density at radius 3 is 2.38 bits per heavy atom. The predicted octanol–water partition coefficient (Wildman–Crippen LogP) is 6.29. The van der Waals surface area contributed by atoms with Crippen molar-refractivity contribution in [1.82, 2.24) is 9.97 Å².